The molecule has 5 N–H and O–H groups in total. The second-order valence-electron chi connectivity index (χ2n) is 5.69. The van der Waals surface area contributed by atoms with Crippen molar-refractivity contribution in [1.29, 1.82) is 0 Å². The molecule has 0 heterocycles. The molecule has 0 spiro atoms. The summed E-state index contributed by atoms with van der Waals surface area (Å²) >= 11 is 0. The standard InChI is InChI=1S/C15H22N2O3/c1-20-13-5-4-11(6-12(13)17)8-15(9-16,14(18)19)7-10-2-3-10/h4-6,10H,2-3,7-9,16-17H2,1H3,(H,18,19). The van der Waals surface area contributed by atoms with Crippen LogP contribution in [0.3, 0.4) is 0 Å². The minimum absolute atomic E-state index is 0.144. The molecule has 5 nitrogen and oxygen atoms in total. The Kier molecular flexibility index (Phi) is 4.18. The number of methoxy groups -OCH3 is 1. The Hall–Kier alpha value is -1.75. The lowest BCUT2D eigenvalue weighted by Crippen LogP contribution is -2.41. The van der Waals surface area contributed by atoms with Gasteiger partial charge in [-0.3, -0.25) is 4.79 Å². The van der Waals surface area contributed by atoms with Crippen LogP contribution in [0.25, 0.3) is 0 Å². The number of carbonyl (C=O) groups is 1. The molecule has 1 fully saturated rings. The van der Waals surface area contributed by atoms with Crippen molar-refractivity contribution in [1.82, 2.24) is 0 Å². The Morgan fingerprint density at radius 2 is 2.20 bits per heavy atom. The molecule has 0 saturated heterocycles. The van der Waals surface area contributed by atoms with E-state index in [2.05, 4.69) is 0 Å². The molecule has 0 bridgehead atoms. The molecule has 1 aromatic rings. The monoisotopic (exact) mass is 278 g/mol. The molecule has 110 valence electrons. The van der Waals surface area contributed by atoms with E-state index in [0.717, 1.165) is 18.4 Å². The van der Waals surface area contributed by atoms with Gasteiger partial charge in [0.25, 0.3) is 0 Å². The molecule has 20 heavy (non-hydrogen) atoms. The van der Waals surface area contributed by atoms with Crippen LogP contribution >= 0.6 is 0 Å². The number of carboxylic acids is 1. The zero-order valence-corrected chi connectivity index (χ0v) is 11.8. The van der Waals surface area contributed by atoms with E-state index in [0.29, 0.717) is 30.2 Å². The number of hydrogen-bond donors (Lipinski definition) is 3. The third kappa shape index (κ3) is 3.04. The normalized spacial score (nSPS) is 17.5. The highest BCUT2D eigenvalue weighted by Crippen LogP contribution is 2.42. The first-order chi connectivity index (χ1) is 9.50. The Morgan fingerprint density at radius 3 is 2.65 bits per heavy atom. The summed E-state index contributed by atoms with van der Waals surface area (Å²) in [7, 11) is 1.56. The van der Waals surface area contributed by atoms with E-state index in [4.69, 9.17) is 16.2 Å². The van der Waals surface area contributed by atoms with Crippen LogP contribution < -0.4 is 16.2 Å². The highest BCUT2D eigenvalue weighted by molar-refractivity contribution is 5.75. The molecule has 0 radical (unpaired) electrons. The summed E-state index contributed by atoms with van der Waals surface area (Å²) in [5.41, 5.74) is 12.2. The van der Waals surface area contributed by atoms with Crippen LogP contribution in [-0.2, 0) is 11.2 Å². The molecule has 1 atom stereocenters. The first-order valence-electron chi connectivity index (χ1n) is 6.86. The summed E-state index contributed by atoms with van der Waals surface area (Å²) in [6, 6.07) is 5.40. The molecule has 2 rings (SSSR count). The largest absolute Gasteiger partial charge is 0.495 e. The highest BCUT2D eigenvalue weighted by Gasteiger charge is 2.42. The summed E-state index contributed by atoms with van der Waals surface area (Å²) in [4.78, 5) is 11.7. The number of anilines is 1. The summed E-state index contributed by atoms with van der Waals surface area (Å²) < 4.78 is 5.11. The number of nitrogens with two attached hydrogens (primary N) is 2. The van der Waals surface area contributed by atoms with E-state index in [1.54, 1.807) is 19.2 Å². The second kappa shape index (κ2) is 5.71. The fourth-order valence-electron chi connectivity index (χ4n) is 2.64. The fourth-order valence-corrected chi connectivity index (χ4v) is 2.64. The van der Waals surface area contributed by atoms with Gasteiger partial charge in [-0.1, -0.05) is 18.9 Å². The summed E-state index contributed by atoms with van der Waals surface area (Å²) in [5.74, 6) is 0.288. The number of carboxylic acid groups (broad SMARTS) is 1. The maximum atomic E-state index is 11.7. The van der Waals surface area contributed by atoms with Gasteiger partial charge in [-0.25, -0.2) is 0 Å². The quantitative estimate of drug-likeness (QED) is 0.659. The zero-order chi connectivity index (χ0) is 14.8. The lowest BCUT2D eigenvalue weighted by Gasteiger charge is -2.28. The molecular formula is C15H22N2O3. The van der Waals surface area contributed by atoms with Gasteiger partial charge < -0.3 is 21.3 Å². The molecular weight excluding hydrogens is 256 g/mol. The van der Waals surface area contributed by atoms with Crippen molar-refractivity contribution >= 4 is 11.7 Å². The van der Waals surface area contributed by atoms with E-state index in [1.165, 1.54) is 0 Å². The van der Waals surface area contributed by atoms with E-state index < -0.39 is 11.4 Å². The first kappa shape index (κ1) is 14.7. The number of aliphatic carboxylic acids is 1. The molecule has 1 unspecified atom stereocenters. The Labute approximate surface area is 118 Å². The number of nitrogen functional groups attached to an aromatic ring is 1. The van der Waals surface area contributed by atoms with Crippen LogP contribution in [0.4, 0.5) is 5.69 Å². The number of ether oxygens (including phenoxy) is 1. The van der Waals surface area contributed by atoms with E-state index >= 15 is 0 Å². The summed E-state index contributed by atoms with van der Waals surface area (Å²) in [6.45, 7) is 0.144. The molecule has 0 amide bonds. The molecule has 5 heteroatoms. The predicted molar refractivity (Wildman–Crippen MR) is 77.6 cm³/mol. The molecule has 1 aliphatic carbocycles. The third-order valence-corrected chi connectivity index (χ3v) is 4.06. The van der Waals surface area contributed by atoms with Crippen LogP contribution in [-0.4, -0.2) is 24.7 Å². The van der Waals surface area contributed by atoms with Gasteiger partial charge in [0.05, 0.1) is 18.2 Å². The third-order valence-electron chi connectivity index (χ3n) is 4.06. The number of benzene rings is 1. The average Bonchev–Trinajstić information content (AvgIpc) is 3.21. The highest BCUT2D eigenvalue weighted by atomic mass is 16.5. The van der Waals surface area contributed by atoms with Crippen molar-refractivity contribution < 1.29 is 14.6 Å². The molecule has 0 aliphatic heterocycles. The van der Waals surface area contributed by atoms with Crippen molar-refractivity contribution in [2.24, 2.45) is 17.1 Å². The van der Waals surface area contributed by atoms with Crippen molar-refractivity contribution in [3.63, 3.8) is 0 Å². The Bertz CT molecular complexity index is 500. The van der Waals surface area contributed by atoms with Gasteiger partial charge in [0, 0.05) is 6.54 Å². The topological polar surface area (TPSA) is 98.6 Å². The second-order valence-corrected chi connectivity index (χ2v) is 5.69. The molecule has 1 aliphatic rings. The van der Waals surface area contributed by atoms with Gasteiger partial charge in [-0.2, -0.15) is 0 Å². The maximum absolute atomic E-state index is 11.7. The van der Waals surface area contributed by atoms with Crippen molar-refractivity contribution in [3.05, 3.63) is 23.8 Å². The lowest BCUT2D eigenvalue weighted by atomic mass is 9.77. The Morgan fingerprint density at radius 1 is 1.50 bits per heavy atom. The maximum Gasteiger partial charge on any atom is 0.311 e. The van der Waals surface area contributed by atoms with E-state index in [1.807, 2.05) is 6.07 Å². The van der Waals surface area contributed by atoms with Gasteiger partial charge in [-0.15, -0.1) is 0 Å². The first-order valence-corrected chi connectivity index (χ1v) is 6.86. The number of hydrogen-bond acceptors (Lipinski definition) is 4. The lowest BCUT2D eigenvalue weighted by molar-refractivity contribution is -0.149. The van der Waals surface area contributed by atoms with Gasteiger partial charge in [0.1, 0.15) is 5.75 Å². The van der Waals surface area contributed by atoms with Crippen LogP contribution in [0.2, 0.25) is 0 Å². The van der Waals surface area contributed by atoms with Gasteiger partial charge in [-0.05, 0) is 36.5 Å². The summed E-state index contributed by atoms with van der Waals surface area (Å²) in [6.07, 6.45) is 3.27. The SMILES string of the molecule is COc1ccc(CC(CN)(CC2CC2)C(=O)O)cc1N. The molecule has 1 saturated carbocycles. The Balaban J connectivity index is 2.22. The molecule has 0 aromatic heterocycles. The predicted octanol–water partition coefficient (Wildman–Crippen LogP) is 1.65. The van der Waals surface area contributed by atoms with E-state index in [-0.39, 0.29) is 6.54 Å². The number of rotatable bonds is 7. The zero-order valence-electron chi connectivity index (χ0n) is 11.8. The van der Waals surface area contributed by atoms with Crippen molar-refractivity contribution in [3.8, 4) is 5.75 Å². The van der Waals surface area contributed by atoms with Crippen LogP contribution in [0.5, 0.6) is 5.75 Å². The van der Waals surface area contributed by atoms with Crippen molar-refractivity contribution in [2.75, 3.05) is 19.4 Å². The van der Waals surface area contributed by atoms with Crippen LogP contribution in [0.15, 0.2) is 18.2 Å². The fraction of sp³-hybridized carbons (Fsp3) is 0.533. The van der Waals surface area contributed by atoms with Gasteiger partial charge in [0.15, 0.2) is 0 Å². The summed E-state index contributed by atoms with van der Waals surface area (Å²) in [5, 5.41) is 9.60. The molecule has 1 aromatic carbocycles. The smallest absolute Gasteiger partial charge is 0.311 e. The van der Waals surface area contributed by atoms with Crippen molar-refractivity contribution in [2.45, 2.75) is 25.7 Å². The van der Waals surface area contributed by atoms with Gasteiger partial charge in [0.2, 0.25) is 0 Å². The average molecular weight is 278 g/mol. The van der Waals surface area contributed by atoms with Crippen LogP contribution in [0, 0.1) is 11.3 Å². The van der Waals surface area contributed by atoms with Crippen LogP contribution in [0.1, 0.15) is 24.8 Å². The van der Waals surface area contributed by atoms with Gasteiger partial charge >= 0.3 is 5.97 Å². The minimum Gasteiger partial charge on any atom is -0.495 e. The minimum atomic E-state index is -0.887. The van der Waals surface area contributed by atoms with E-state index in [9.17, 15) is 9.90 Å².